The lowest BCUT2D eigenvalue weighted by Gasteiger charge is -2.17. The molecule has 0 aliphatic heterocycles. The molecule has 0 bridgehead atoms. The van der Waals surface area contributed by atoms with Crippen LogP contribution >= 0.6 is 0 Å². The fraction of sp³-hybridized carbons (Fsp3) is 0.333. The minimum Gasteiger partial charge on any atom is -0.383 e. The van der Waals surface area contributed by atoms with Crippen molar-refractivity contribution in [1.29, 1.82) is 0 Å². The summed E-state index contributed by atoms with van der Waals surface area (Å²) in [5.74, 6) is 0.942. The molecule has 0 saturated heterocycles. The second-order valence-electron chi connectivity index (χ2n) is 5.24. The van der Waals surface area contributed by atoms with Crippen LogP contribution in [0.3, 0.4) is 0 Å². The van der Waals surface area contributed by atoms with Gasteiger partial charge in [-0.05, 0) is 30.9 Å². The zero-order chi connectivity index (χ0) is 13.4. The number of rotatable bonds is 3. The number of carbonyl (C=O) groups is 1. The van der Waals surface area contributed by atoms with E-state index >= 15 is 0 Å². The van der Waals surface area contributed by atoms with Gasteiger partial charge in [0.05, 0.1) is 11.1 Å². The van der Waals surface area contributed by atoms with E-state index in [4.69, 9.17) is 5.73 Å². The predicted molar refractivity (Wildman–Crippen MR) is 75.8 cm³/mol. The monoisotopic (exact) mass is 255 g/mol. The maximum absolute atomic E-state index is 12.4. The van der Waals surface area contributed by atoms with Crippen LogP contribution < -0.4 is 5.73 Å². The van der Waals surface area contributed by atoms with Crippen LogP contribution in [0.5, 0.6) is 0 Å². The maximum Gasteiger partial charge on any atom is 0.257 e. The van der Waals surface area contributed by atoms with E-state index in [0.29, 0.717) is 17.3 Å². The van der Waals surface area contributed by atoms with Crippen LogP contribution in [-0.4, -0.2) is 29.4 Å². The Morgan fingerprint density at radius 1 is 1.42 bits per heavy atom. The van der Waals surface area contributed by atoms with Gasteiger partial charge in [0.15, 0.2) is 0 Å². The van der Waals surface area contributed by atoms with Crippen molar-refractivity contribution in [1.82, 2.24) is 9.88 Å². The first kappa shape index (κ1) is 12.0. The van der Waals surface area contributed by atoms with Crippen molar-refractivity contribution in [2.45, 2.75) is 12.8 Å². The molecule has 0 spiro atoms. The number of hydrogen-bond donors (Lipinski definition) is 1. The predicted octanol–water partition coefficient (Wildman–Crippen LogP) is 2.30. The molecule has 3 rings (SSSR count). The molecular formula is C15H17N3O. The molecule has 1 aliphatic carbocycles. The van der Waals surface area contributed by atoms with Gasteiger partial charge in [0.25, 0.3) is 5.91 Å². The minimum absolute atomic E-state index is 0.0392. The highest BCUT2D eigenvalue weighted by Crippen LogP contribution is 2.30. The molecule has 1 aliphatic rings. The van der Waals surface area contributed by atoms with Crippen molar-refractivity contribution in [2.24, 2.45) is 5.92 Å². The molecule has 0 atom stereocenters. The fourth-order valence-corrected chi connectivity index (χ4v) is 2.28. The number of nitrogen functional groups attached to an aromatic ring is 1. The third kappa shape index (κ3) is 2.38. The van der Waals surface area contributed by atoms with E-state index in [1.807, 2.05) is 37.4 Å². The Labute approximate surface area is 112 Å². The van der Waals surface area contributed by atoms with E-state index in [9.17, 15) is 4.79 Å². The van der Waals surface area contributed by atoms with Crippen molar-refractivity contribution < 1.29 is 4.79 Å². The molecule has 1 aromatic carbocycles. The number of fused-ring (bicyclic) bond motifs is 1. The van der Waals surface area contributed by atoms with Crippen molar-refractivity contribution in [2.75, 3.05) is 19.3 Å². The summed E-state index contributed by atoms with van der Waals surface area (Å²) in [5, 5.41) is 0.944. The molecular weight excluding hydrogens is 238 g/mol. The topological polar surface area (TPSA) is 59.2 Å². The molecule has 4 nitrogen and oxygen atoms in total. The van der Waals surface area contributed by atoms with Crippen LogP contribution in [-0.2, 0) is 0 Å². The zero-order valence-corrected chi connectivity index (χ0v) is 11.0. The van der Waals surface area contributed by atoms with Gasteiger partial charge in [-0.15, -0.1) is 0 Å². The second-order valence-corrected chi connectivity index (χ2v) is 5.24. The van der Waals surface area contributed by atoms with E-state index in [2.05, 4.69) is 4.98 Å². The summed E-state index contributed by atoms with van der Waals surface area (Å²) in [6.07, 6.45) is 2.45. The minimum atomic E-state index is -0.0392. The standard InChI is InChI=1S/C15H17N3O/c1-18(9-10-6-7-10)15(19)12-8-11-4-2-3-5-13(11)17-14(12)16/h2-5,8,10H,6-7,9H2,1H3,(H2,16,17). The number of benzene rings is 1. The summed E-state index contributed by atoms with van der Waals surface area (Å²) in [4.78, 5) is 18.4. The van der Waals surface area contributed by atoms with Crippen LogP contribution in [0.15, 0.2) is 30.3 Å². The first-order valence-corrected chi connectivity index (χ1v) is 6.56. The van der Waals surface area contributed by atoms with Gasteiger partial charge in [0, 0.05) is 19.0 Å². The number of aromatic nitrogens is 1. The Kier molecular flexibility index (Phi) is 2.85. The number of anilines is 1. The van der Waals surface area contributed by atoms with E-state index in [0.717, 1.165) is 17.4 Å². The molecule has 0 radical (unpaired) electrons. The molecule has 1 amide bonds. The van der Waals surface area contributed by atoms with Crippen LogP contribution in [0, 0.1) is 5.92 Å². The van der Waals surface area contributed by atoms with Crippen LogP contribution in [0.1, 0.15) is 23.2 Å². The number of hydrogen-bond acceptors (Lipinski definition) is 3. The lowest BCUT2D eigenvalue weighted by molar-refractivity contribution is 0.0789. The third-order valence-electron chi connectivity index (χ3n) is 3.56. The van der Waals surface area contributed by atoms with Crippen molar-refractivity contribution >= 4 is 22.6 Å². The van der Waals surface area contributed by atoms with E-state index < -0.39 is 0 Å². The number of nitrogens with two attached hydrogens (primary N) is 1. The molecule has 0 unspecified atom stereocenters. The summed E-state index contributed by atoms with van der Waals surface area (Å²) < 4.78 is 0. The number of amides is 1. The summed E-state index contributed by atoms with van der Waals surface area (Å²) in [6.45, 7) is 0.811. The largest absolute Gasteiger partial charge is 0.383 e. The molecule has 4 heteroatoms. The van der Waals surface area contributed by atoms with Crippen LogP contribution in [0.4, 0.5) is 5.82 Å². The SMILES string of the molecule is CN(CC1CC1)C(=O)c1cc2ccccc2nc1N. The normalized spacial score (nSPS) is 14.6. The quantitative estimate of drug-likeness (QED) is 0.915. The Morgan fingerprint density at radius 2 is 2.16 bits per heavy atom. The Bertz CT molecular complexity index is 634. The number of carbonyl (C=O) groups excluding carboxylic acids is 1. The average molecular weight is 255 g/mol. The summed E-state index contributed by atoms with van der Waals surface area (Å²) in [6, 6.07) is 9.52. The number of nitrogens with zero attached hydrogens (tertiary/aromatic N) is 2. The van der Waals surface area contributed by atoms with Gasteiger partial charge >= 0.3 is 0 Å². The van der Waals surface area contributed by atoms with Gasteiger partial charge in [-0.2, -0.15) is 0 Å². The van der Waals surface area contributed by atoms with Gasteiger partial charge in [-0.1, -0.05) is 18.2 Å². The first-order valence-electron chi connectivity index (χ1n) is 6.56. The lowest BCUT2D eigenvalue weighted by atomic mass is 10.1. The van der Waals surface area contributed by atoms with E-state index in [1.165, 1.54) is 12.8 Å². The van der Waals surface area contributed by atoms with Gasteiger partial charge in [0.2, 0.25) is 0 Å². The summed E-state index contributed by atoms with van der Waals surface area (Å²) in [5.41, 5.74) is 7.24. The maximum atomic E-state index is 12.4. The molecule has 1 heterocycles. The fourth-order valence-electron chi connectivity index (χ4n) is 2.28. The smallest absolute Gasteiger partial charge is 0.257 e. The molecule has 98 valence electrons. The summed E-state index contributed by atoms with van der Waals surface area (Å²) >= 11 is 0. The van der Waals surface area contributed by atoms with Crippen molar-refractivity contribution in [3.05, 3.63) is 35.9 Å². The van der Waals surface area contributed by atoms with Gasteiger partial charge < -0.3 is 10.6 Å². The van der Waals surface area contributed by atoms with E-state index in [1.54, 1.807) is 4.90 Å². The van der Waals surface area contributed by atoms with Gasteiger partial charge in [0.1, 0.15) is 5.82 Å². The van der Waals surface area contributed by atoms with Gasteiger partial charge in [-0.25, -0.2) is 4.98 Å². The Hall–Kier alpha value is -2.10. The lowest BCUT2D eigenvalue weighted by Crippen LogP contribution is -2.29. The summed E-state index contributed by atoms with van der Waals surface area (Å²) in [7, 11) is 1.83. The third-order valence-corrected chi connectivity index (χ3v) is 3.56. The van der Waals surface area contributed by atoms with Crippen molar-refractivity contribution in [3.63, 3.8) is 0 Å². The molecule has 1 fully saturated rings. The number of pyridine rings is 1. The second kappa shape index (κ2) is 4.53. The average Bonchev–Trinajstić information content (AvgIpc) is 3.21. The van der Waals surface area contributed by atoms with E-state index in [-0.39, 0.29) is 5.91 Å². The molecule has 1 saturated carbocycles. The first-order chi connectivity index (χ1) is 9.15. The highest BCUT2D eigenvalue weighted by atomic mass is 16.2. The molecule has 1 aromatic heterocycles. The van der Waals surface area contributed by atoms with Crippen LogP contribution in [0.25, 0.3) is 10.9 Å². The molecule has 19 heavy (non-hydrogen) atoms. The Balaban J connectivity index is 1.94. The van der Waals surface area contributed by atoms with Crippen LogP contribution in [0.2, 0.25) is 0 Å². The molecule has 2 aromatic rings. The highest BCUT2D eigenvalue weighted by Gasteiger charge is 2.26. The van der Waals surface area contributed by atoms with Gasteiger partial charge in [-0.3, -0.25) is 4.79 Å². The molecule has 2 N–H and O–H groups in total. The zero-order valence-electron chi connectivity index (χ0n) is 11.0. The highest BCUT2D eigenvalue weighted by molar-refractivity contribution is 6.01. The van der Waals surface area contributed by atoms with Crippen molar-refractivity contribution in [3.8, 4) is 0 Å². The number of para-hydroxylation sites is 1. The Morgan fingerprint density at radius 3 is 2.89 bits per heavy atom.